The minimum absolute atomic E-state index is 0.436. The van der Waals surface area contributed by atoms with Crippen molar-refractivity contribution in [1.29, 1.82) is 0 Å². The third-order valence-electron chi connectivity index (χ3n) is 3.44. The van der Waals surface area contributed by atoms with Crippen LogP contribution in [0.2, 0.25) is 0 Å². The van der Waals surface area contributed by atoms with Crippen molar-refractivity contribution in [3.8, 4) is 11.1 Å². The van der Waals surface area contributed by atoms with Gasteiger partial charge in [0, 0.05) is 9.86 Å². The van der Waals surface area contributed by atoms with Crippen LogP contribution in [0.1, 0.15) is 5.56 Å². The minimum Gasteiger partial charge on any atom is -0.308 e. The molecule has 23 heavy (non-hydrogen) atoms. The third kappa shape index (κ3) is 3.16. The van der Waals surface area contributed by atoms with Gasteiger partial charge in [-0.1, -0.05) is 34.1 Å². The highest BCUT2D eigenvalue weighted by Crippen LogP contribution is 2.34. The molecule has 3 N–H and O–H groups in total. The zero-order valence-corrected chi connectivity index (χ0v) is 13.2. The summed E-state index contributed by atoms with van der Waals surface area (Å²) in [5.74, 6) is 5.87. The van der Waals surface area contributed by atoms with E-state index in [-0.39, 0.29) is 0 Å². The lowest BCUT2D eigenvalue weighted by molar-refractivity contribution is -0.137. The molecule has 0 spiro atoms. The number of nitrogens with two attached hydrogens (primary N) is 1. The van der Waals surface area contributed by atoms with Crippen molar-refractivity contribution in [1.82, 2.24) is 4.98 Å². The Balaban J connectivity index is 2.18. The molecule has 0 radical (unpaired) electrons. The SMILES string of the molecule is NNc1cc(-c2ccc(C(F)(F)F)cc2)c2ccc(Br)cc2n1. The number of nitrogens with zero attached hydrogens (tertiary/aromatic N) is 1. The normalized spacial score (nSPS) is 11.7. The topological polar surface area (TPSA) is 50.9 Å². The van der Waals surface area contributed by atoms with Crippen molar-refractivity contribution in [3.05, 3.63) is 58.6 Å². The summed E-state index contributed by atoms with van der Waals surface area (Å²) in [5.41, 5.74) is 3.89. The molecular weight excluding hydrogens is 371 g/mol. The van der Waals surface area contributed by atoms with Crippen molar-refractivity contribution in [2.75, 3.05) is 5.43 Å². The summed E-state index contributed by atoms with van der Waals surface area (Å²) in [6.45, 7) is 0. The van der Waals surface area contributed by atoms with Crippen LogP contribution >= 0.6 is 15.9 Å². The highest BCUT2D eigenvalue weighted by molar-refractivity contribution is 9.10. The summed E-state index contributed by atoms with van der Waals surface area (Å²) in [7, 11) is 0. The maximum Gasteiger partial charge on any atom is 0.416 e. The number of nitrogens with one attached hydrogen (secondary N) is 1. The molecule has 0 aliphatic rings. The minimum atomic E-state index is -4.35. The fourth-order valence-electron chi connectivity index (χ4n) is 2.35. The zero-order valence-electron chi connectivity index (χ0n) is 11.7. The van der Waals surface area contributed by atoms with Gasteiger partial charge in [-0.15, -0.1) is 0 Å². The number of anilines is 1. The van der Waals surface area contributed by atoms with E-state index in [1.54, 1.807) is 6.07 Å². The summed E-state index contributed by atoms with van der Waals surface area (Å²) in [6, 6.07) is 12.3. The lowest BCUT2D eigenvalue weighted by Gasteiger charge is -2.11. The molecule has 1 aromatic heterocycles. The Morgan fingerprint density at radius 1 is 1.00 bits per heavy atom. The fourth-order valence-corrected chi connectivity index (χ4v) is 2.70. The molecule has 2 aromatic carbocycles. The molecule has 0 saturated heterocycles. The smallest absolute Gasteiger partial charge is 0.308 e. The third-order valence-corrected chi connectivity index (χ3v) is 3.94. The monoisotopic (exact) mass is 381 g/mol. The Bertz CT molecular complexity index is 861. The van der Waals surface area contributed by atoms with E-state index in [1.807, 2.05) is 18.2 Å². The van der Waals surface area contributed by atoms with E-state index in [2.05, 4.69) is 26.3 Å². The van der Waals surface area contributed by atoms with E-state index >= 15 is 0 Å². The van der Waals surface area contributed by atoms with E-state index in [1.165, 1.54) is 12.1 Å². The number of hydrogen-bond donors (Lipinski definition) is 2. The second kappa shape index (κ2) is 5.82. The fraction of sp³-hybridized carbons (Fsp3) is 0.0625. The van der Waals surface area contributed by atoms with Crippen molar-refractivity contribution in [3.63, 3.8) is 0 Å². The lowest BCUT2D eigenvalue weighted by Crippen LogP contribution is -2.08. The largest absolute Gasteiger partial charge is 0.416 e. The summed E-state index contributed by atoms with van der Waals surface area (Å²) in [6.07, 6.45) is -4.35. The van der Waals surface area contributed by atoms with Gasteiger partial charge in [-0.05, 0) is 41.5 Å². The van der Waals surface area contributed by atoms with Crippen LogP contribution in [0.5, 0.6) is 0 Å². The number of pyridine rings is 1. The number of alkyl halides is 3. The van der Waals surface area contributed by atoms with Gasteiger partial charge in [-0.3, -0.25) is 0 Å². The van der Waals surface area contributed by atoms with E-state index in [9.17, 15) is 13.2 Å². The van der Waals surface area contributed by atoms with Gasteiger partial charge in [-0.25, -0.2) is 10.8 Å². The van der Waals surface area contributed by atoms with Crippen LogP contribution in [0, 0.1) is 0 Å². The van der Waals surface area contributed by atoms with Crippen molar-refractivity contribution < 1.29 is 13.2 Å². The molecule has 3 nitrogen and oxygen atoms in total. The Morgan fingerprint density at radius 2 is 1.70 bits per heavy atom. The lowest BCUT2D eigenvalue weighted by atomic mass is 10.00. The number of fused-ring (bicyclic) bond motifs is 1. The van der Waals surface area contributed by atoms with Crippen LogP contribution in [-0.2, 0) is 6.18 Å². The van der Waals surface area contributed by atoms with Crippen LogP contribution in [-0.4, -0.2) is 4.98 Å². The summed E-state index contributed by atoms with van der Waals surface area (Å²) < 4.78 is 38.9. The van der Waals surface area contributed by atoms with Gasteiger partial charge in [0.2, 0.25) is 0 Å². The predicted octanol–water partition coefficient (Wildman–Crippen LogP) is 4.97. The molecule has 3 rings (SSSR count). The molecule has 118 valence electrons. The Kier molecular flexibility index (Phi) is 3.99. The first kappa shape index (κ1) is 15.8. The number of nitrogen functional groups attached to an aromatic ring is 1. The number of rotatable bonds is 2. The van der Waals surface area contributed by atoms with Crippen molar-refractivity contribution in [2.24, 2.45) is 5.84 Å². The Hall–Kier alpha value is -2.12. The molecule has 7 heteroatoms. The van der Waals surface area contributed by atoms with Crippen LogP contribution in [0.4, 0.5) is 19.0 Å². The average Bonchev–Trinajstić information content (AvgIpc) is 2.52. The summed E-state index contributed by atoms with van der Waals surface area (Å²) >= 11 is 3.37. The molecule has 0 bridgehead atoms. The zero-order chi connectivity index (χ0) is 16.6. The first-order valence-corrected chi connectivity index (χ1v) is 7.42. The molecule has 0 atom stereocenters. The van der Waals surface area contributed by atoms with Gasteiger partial charge in [0.15, 0.2) is 0 Å². The summed E-state index contributed by atoms with van der Waals surface area (Å²) in [5, 5.41) is 0.826. The number of halogens is 4. The number of aromatic nitrogens is 1. The molecule has 0 amide bonds. The maximum absolute atomic E-state index is 12.7. The second-order valence-corrected chi connectivity index (χ2v) is 5.85. The van der Waals surface area contributed by atoms with E-state index in [0.717, 1.165) is 27.6 Å². The van der Waals surface area contributed by atoms with Gasteiger partial charge >= 0.3 is 6.18 Å². The number of benzene rings is 2. The molecule has 0 aliphatic heterocycles. The molecule has 1 heterocycles. The maximum atomic E-state index is 12.7. The van der Waals surface area contributed by atoms with Gasteiger partial charge in [0.05, 0.1) is 11.1 Å². The highest BCUT2D eigenvalue weighted by Gasteiger charge is 2.30. The van der Waals surface area contributed by atoms with Crippen molar-refractivity contribution in [2.45, 2.75) is 6.18 Å². The highest BCUT2D eigenvalue weighted by atomic mass is 79.9. The van der Waals surface area contributed by atoms with Crippen LogP contribution in [0.15, 0.2) is 53.0 Å². The Morgan fingerprint density at radius 3 is 2.30 bits per heavy atom. The average molecular weight is 382 g/mol. The van der Waals surface area contributed by atoms with Gasteiger partial charge in [0.25, 0.3) is 0 Å². The molecular formula is C16H11BrF3N3. The number of hydrogen-bond acceptors (Lipinski definition) is 3. The Labute approximate surface area is 138 Å². The molecule has 0 saturated carbocycles. The first-order valence-electron chi connectivity index (χ1n) is 6.63. The van der Waals surface area contributed by atoms with Crippen LogP contribution < -0.4 is 11.3 Å². The van der Waals surface area contributed by atoms with E-state index in [4.69, 9.17) is 5.84 Å². The van der Waals surface area contributed by atoms with Crippen molar-refractivity contribution >= 4 is 32.7 Å². The molecule has 0 fully saturated rings. The van der Waals surface area contributed by atoms with Crippen LogP contribution in [0.3, 0.4) is 0 Å². The standard InChI is InChI=1S/C16H11BrF3N3/c17-11-5-6-12-13(8-15(23-21)22-14(12)7-11)9-1-3-10(4-2-9)16(18,19)20/h1-8H,21H2,(H,22,23). The quantitative estimate of drug-likeness (QED) is 0.486. The molecule has 0 aliphatic carbocycles. The van der Waals surface area contributed by atoms with E-state index in [0.29, 0.717) is 16.9 Å². The van der Waals surface area contributed by atoms with Gasteiger partial charge in [0.1, 0.15) is 5.82 Å². The molecule has 0 unspecified atom stereocenters. The number of hydrazine groups is 1. The van der Waals surface area contributed by atoms with Gasteiger partial charge in [-0.2, -0.15) is 13.2 Å². The van der Waals surface area contributed by atoms with E-state index < -0.39 is 11.7 Å². The first-order chi connectivity index (χ1) is 10.9. The predicted molar refractivity (Wildman–Crippen MR) is 87.7 cm³/mol. The summed E-state index contributed by atoms with van der Waals surface area (Å²) in [4.78, 5) is 4.35. The molecule has 3 aromatic rings. The van der Waals surface area contributed by atoms with Gasteiger partial charge < -0.3 is 5.43 Å². The second-order valence-electron chi connectivity index (χ2n) is 4.94. The van der Waals surface area contributed by atoms with Crippen LogP contribution in [0.25, 0.3) is 22.0 Å².